The van der Waals surface area contributed by atoms with Gasteiger partial charge < -0.3 is 38.6 Å². The van der Waals surface area contributed by atoms with Crippen LogP contribution in [0.25, 0.3) is 0 Å². The molecule has 0 spiro atoms. The Morgan fingerprint density at radius 2 is 0.744 bits per heavy atom. The third kappa shape index (κ3) is 26.7. The second kappa shape index (κ2) is 34.5. The smallest absolute Gasteiger partial charge is 0.417 e. The number of esters is 6. The van der Waals surface area contributed by atoms with Gasteiger partial charge in [0.1, 0.15) is 23.4 Å². The van der Waals surface area contributed by atoms with Gasteiger partial charge in [0, 0.05) is 24.0 Å². The van der Waals surface area contributed by atoms with E-state index in [-0.39, 0.29) is 48.7 Å². The molecule has 6 atom stereocenters. The van der Waals surface area contributed by atoms with Crippen molar-refractivity contribution in [3.8, 4) is 0 Å². The Hall–Kier alpha value is -4.48. The third-order valence-electron chi connectivity index (χ3n) is 15.6. The van der Waals surface area contributed by atoms with E-state index in [0.717, 1.165) is 25.7 Å². The Bertz CT molecular complexity index is 2170. The molecule has 2 aliphatic carbocycles. The quantitative estimate of drug-likeness (QED) is 0.0325. The standard InChI is InChI=1S/C18H30F2O4.C16H24F2O4.C15H27F3O3.C13H21F3O3/c1-6-13(23-14(21)16(4,5)7-2)18(19,20)15(22)24-17(8-3)11-9-10-12-17;1-5-12(21-13(19)11(3)4)16(17,18)14(20)22-15(6-2)9-7-8-10-15;1-7-13(4,5)12(19)21-11(8-10(2)3)9-14(6,20)15(16,17)18;1-8(2)6-10(19-11(17)9(3)4)7-12(5,18)13(14,15)16/h13H,6-12H2,1-5H3;12H,3,5-10H2,1-2,4H3;10-11,20H,7-9H2,1-6H3;8,10,18H,3,6-7H2,1-2,4-5H3. The lowest BCUT2D eigenvalue weighted by Gasteiger charge is -2.33. The lowest BCUT2D eigenvalue weighted by molar-refractivity contribution is -0.262. The zero-order valence-corrected chi connectivity index (χ0v) is 54.2. The topological polar surface area (TPSA) is 198 Å². The third-order valence-corrected chi connectivity index (χ3v) is 15.6. The summed E-state index contributed by atoms with van der Waals surface area (Å²) >= 11 is 0. The fourth-order valence-corrected chi connectivity index (χ4v) is 8.60. The number of halogens is 10. The number of aliphatic hydroxyl groups is 2. The first kappa shape index (κ1) is 83.6. The van der Waals surface area contributed by atoms with Crippen LogP contribution in [0.15, 0.2) is 24.3 Å². The van der Waals surface area contributed by atoms with E-state index in [0.29, 0.717) is 65.2 Å². The number of carbonyl (C=O) groups excluding carboxylic acids is 6. The molecular formula is C62H102F10O14. The van der Waals surface area contributed by atoms with Crippen LogP contribution in [-0.4, -0.2) is 117 Å². The van der Waals surface area contributed by atoms with Gasteiger partial charge in [-0.05, 0) is 170 Å². The average molecular weight is 1260 g/mol. The van der Waals surface area contributed by atoms with Gasteiger partial charge >= 0.3 is 60.0 Å². The van der Waals surface area contributed by atoms with Crippen LogP contribution in [0, 0.1) is 22.7 Å². The minimum atomic E-state index is -4.77. The number of alkyl halides is 10. The maximum atomic E-state index is 14.5. The molecular weight excluding hydrogens is 1160 g/mol. The maximum Gasteiger partial charge on any atom is 0.417 e. The highest BCUT2D eigenvalue weighted by Gasteiger charge is 2.56. The molecule has 14 nitrogen and oxygen atoms in total. The highest BCUT2D eigenvalue weighted by molar-refractivity contribution is 5.88. The average Bonchev–Trinajstić information content (AvgIpc) is 2.89. The molecule has 6 unspecified atom stereocenters. The monoisotopic (exact) mass is 1260 g/mol. The molecule has 0 aliphatic heterocycles. The van der Waals surface area contributed by atoms with Crippen molar-refractivity contribution in [3.05, 3.63) is 24.3 Å². The van der Waals surface area contributed by atoms with E-state index in [9.17, 15) is 82.9 Å². The first-order valence-corrected chi connectivity index (χ1v) is 29.8. The Morgan fingerprint density at radius 3 is 1.00 bits per heavy atom. The van der Waals surface area contributed by atoms with Gasteiger partial charge in [-0.15, -0.1) is 0 Å². The lowest BCUT2D eigenvalue weighted by Crippen LogP contribution is -2.49. The molecule has 2 saturated carbocycles. The van der Waals surface area contributed by atoms with Crippen LogP contribution in [-0.2, 0) is 57.2 Å². The SMILES string of the molecule is C=C(C)C(=O)OC(CC(C)C)CC(C)(O)C(F)(F)F.C=C(C)C(=O)OC(CC)C(F)(F)C(=O)OC1(CC)CCCC1.CCC(C)(C)C(=O)OC(CC(C)C)CC(C)(O)C(F)(F)F.CCC(OC(=O)C(C)(C)CC)C(F)(F)C(=O)OC1(CC)CCCC1. The van der Waals surface area contributed by atoms with Crippen molar-refractivity contribution in [1.82, 2.24) is 0 Å². The zero-order chi connectivity index (χ0) is 68.1. The van der Waals surface area contributed by atoms with E-state index >= 15 is 0 Å². The van der Waals surface area contributed by atoms with E-state index in [1.165, 1.54) is 27.7 Å². The summed E-state index contributed by atoms with van der Waals surface area (Å²) in [5, 5.41) is 19.0. The van der Waals surface area contributed by atoms with E-state index in [1.807, 2.05) is 34.6 Å². The second-order valence-corrected chi connectivity index (χ2v) is 25.4. The van der Waals surface area contributed by atoms with Gasteiger partial charge in [0.2, 0.25) is 0 Å². The molecule has 504 valence electrons. The van der Waals surface area contributed by atoms with Crippen LogP contribution in [0.5, 0.6) is 0 Å². The highest BCUT2D eigenvalue weighted by Crippen LogP contribution is 2.42. The van der Waals surface area contributed by atoms with Gasteiger partial charge in [-0.2, -0.15) is 43.9 Å². The van der Waals surface area contributed by atoms with Crippen molar-refractivity contribution < 1.29 is 111 Å². The molecule has 2 fully saturated rings. The predicted molar refractivity (Wildman–Crippen MR) is 304 cm³/mol. The van der Waals surface area contributed by atoms with Crippen molar-refractivity contribution in [1.29, 1.82) is 0 Å². The van der Waals surface area contributed by atoms with Gasteiger partial charge in [0.05, 0.1) is 10.8 Å². The maximum absolute atomic E-state index is 14.5. The van der Waals surface area contributed by atoms with Crippen LogP contribution in [0.3, 0.4) is 0 Å². The molecule has 2 N–H and O–H groups in total. The number of rotatable bonds is 28. The summed E-state index contributed by atoms with van der Waals surface area (Å²) in [7, 11) is 0. The van der Waals surface area contributed by atoms with Gasteiger partial charge in [0.15, 0.2) is 23.4 Å². The minimum Gasteiger partial charge on any atom is -0.462 e. The molecule has 0 bridgehead atoms. The molecule has 24 heteroatoms. The highest BCUT2D eigenvalue weighted by atomic mass is 19.4. The molecule has 0 aromatic carbocycles. The molecule has 0 aromatic rings. The summed E-state index contributed by atoms with van der Waals surface area (Å²) in [5.74, 6) is -13.8. The summed E-state index contributed by atoms with van der Waals surface area (Å²) in [6, 6.07) is 0. The summed E-state index contributed by atoms with van der Waals surface area (Å²) in [6.07, 6.45) is -8.50. The molecule has 0 saturated heterocycles. The van der Waals surface area contributed by atoms with Crippen molar-refractivity contribution >= 4 is 35.8 Å². The van der Waals surface area contributed by atoms with Gasteiger partial charge in [0.25, 0.3) is 0 Å². The largest absolute Gasteiger partial charge is 0.462 e. The van der Waals surface area contributed by atoms with Crippen molar-refractivity contribution in [3.63, 3.8) is 0 Å². The Kier molecular flexibility index (Phi) is 33.5. The van der Waals surface area contributed by atoms with Crippen LogP contribution in [0.1, 0.15) is 240 Å². The molecule has 86 heavy (non-hydrogen) atoms. The van der Waals surface area contributed by atoms with Crippen molar-refractivity contribution in [2.75, 3.05) is 0 Å². The van der Waals surface area contributed by atoms with Crippen LogP contribution in [0.2, 0.25) is 0 Å². The van der Waals surface area contributed by atoms with Gasteiger partial charge in [-0.1, -0.05) is 82.4 Å². The van der Waals surface area contributed by atoms with E-state index < -0.39 is 131 Å². The Morgan fingerprint density at radius 1 is 0.465 bits per heavy atom. The van der Waals surface area contributed by atoms with E-state index in [4.69, 9.17) is 23.7 Å². The summed E-state index contributed by atoms with van der Waals surface area (Å²) in [4.78, 5) is 71.0. The Labute approximate surface area is 504 Å². The first-order chi connectivity index (χ1) is 38.8. The van der Waals surface area contributed by atoms with Gasteiger partial charge in [-0.3, -0.25) is 9.59 Å². The predicted octanol–water partition coefficient (Wildman–Crippen LogP) is 15.7. The lowest BCUT2D eigenvalue weighted by atomic mass is 9.89. The summed E-state index contributed by atoms with van der Waals surface area (Å²) in [6.45, 7) is 34.9. The fourth-order valence-electron chi connectivity index (χ4n) is 8.60. The zero-order valence-electron chi connectivity index (χ0n) is 54.2. The number of ether oxygens (including phenoxy) is 6. The molecule has 2 aliphatic rings. The van der Waals surface area contributed by atoms with Crippen LogP contribution >= 0.6 is 0 Å². The molecule has 0 radical (unpaired) electrons. The molecule has 0 amide bonds. The summed E-state index contributed by atoms with van der Waals surface area (Å²) < 4.78 is 164. The second-order valence-electron chi connectivity index (χ2n) is 25.4. The van der Waals surface area contributed by atoms with Crippen molar-refractivity contribution in [2.45, 2.75) is 311 Å². The fraction of sp³-hybridized carbons (Fsp3) is 0.839. The van der Waals surface area contributed by atoms with Crippen molar-refractivity contribution in [2.24, 2.45) is 22.7 Å². The number of hydrogen-bond donors (Lipinski definition) is 2. The van der Waals surface area contributed by atoms with E-state index in [2.05, 4.69) is 17.9 Å². The number of hydrogen-bond acceptors (Lipinski definition) is 14. The molecule has 0 heterocycles. The normalized spacial score (nSPS) is 18.0. The molecule has 2 rings (SSSR count). The number of carbonyl (C=O) groups is 6. The Balaban J connectivity index is 0. The van der Waals surface area contributed by atoms with E-state index in [1.54, 1.807) is 48.5 Å². The summed E-state index contributed by atoms with van der Waals surface area (Å²) in [5.41, 5.74) is -8.87. The molecule has 0 aromatic heterocycles. The van der Waals surface area contributed by atoms with Crippen LogP contribution in [0.4, 0.5) is 43.9 Å². The van der Waals surface area contributed by atoms with Gasteiger partial charge in [-0.25, -0.2) is 19.2 Å². The first-order valence-electron chi connectivity index (χ1n) is 29.8. The van der Waals surface area contributed by atoms with Crippen LogP contribution < -0.4 is 0 Å². The minimum absolute atomic E-state index is 0.00318.